The SMILES string of the molecule is Cc1ccc(-c2ccccc2NC(=O)O)c(F)c1. The highest BCUT2D eigenvalue weighted by molar-refractivity contribution is 5.90. The number of nitrogens with one attached hydrogen (secondary N) is 1. The van der Waals surface area contributed by atoms with E-state index in [2.05, 4.69) is 5.32 Å². The molecule has 0 saturated heterocycles. The Morgan fingerprint density at radius 2 is 1.89 bits per heavy atom. The molecule has 0 unspecified atom stereocenters. The van der Waals surface area contributed by atoms with Crippen LogP contribution in [0.4, 0.5) is 14.9 Å². The van der Waals surface area contributed by atoms with Crippen LogP contribution in [-0.2, 0) is 0 Å². The molecule has 0 aromatic heterocycles. The maximum Gasteiger partial charge on any atom is 0.409 e. The first-order valence-corrected chi connectivity index (χ1v) is 5.43. The monoisotopic (exact) mass is 245 g/mol. The minimum atomic E-state index is -1.17. The lowest BCUT2D eigenvalue weighted by Crippen LogP contribution is -2.08. The number of benzene rings is 2. The molecule has 0 bridgehead atoms. The number of para-hydroxylation sites is 1. The van der Waals surface area contributed by atoms with Gasteiger partial charge in [0, 0.05) is 11.1 Å². The molecule has 18 heavy (non-hydrogen) atoms. The predicted octanol–water partition coefficient (Wildman–Crippen LogP) is 3.89. The number of anilines is 1. The third kappa shape index (κ3) is 2.48. The molecule has 92 valence electrons. The summed E-state index contributed by atoms with van der Waals surface area (Å²) in [6.45, 7) is 1.80. The highest BCUT2D eigenvalue weighted by atomic mass is 19.1. The van der Waals surface area contributed by atoms with Gasteiger partial charge < -0.3 is 5.11 Å². The van der Waals surface area contributed by atoms with Crippen LogP contribution in [0.1, 0.15) is 5.56 Å². The number of aryl methyl sites for hydroxylation is 1. The summed E-state index contributed by atoms with van der Waals surface area (Å²) in [6.07, 6.45) is -1.17. The lowest BCUT2D eigenvalue weighted by atomic mass is 10.0. The van der Waals surface area contributed by atoms with E-state index < -0.39 is 6.09 Å². The molecule has 0 fully saturated rings. The van der Waals surface area contributed by atoms with Gasteiger partial charge in [-0.05, 0) is 24.6 Å². The molecule has 3 nitrogen and oxygen atoms in total. The number of rotatable bonds is 2. The summed E-state index contributed by atoms with van der Waals surface area (Å²) in [4.78, 5) is 10.7. The van der Waals surface area contributed by atoms with Gasteiger partial charge in [0.2, 0.25) is 0 Å². The molecule has 0 atom stereocenters. The lowest BCUT2D eigenvalue weighted by Gasteiger charge is -2.10. The Bertz CT molecular complexity index is 596. The van der Waals surface area contributed by atoms with Gasteiger partial charge in [-0.25, -0.2) is 9.18 Å². The lowest BCUT2D eigenvalue weighted by molar-refractivity contribution is 0.210. The average molecular weight is 245 g/mol. The summed E-state index contributed by atoms with van der Waals surface area (Å²) in [5.41, 5.74) is 2.09. The van der Waals surface area contributed by atoms with Gasteiger partial charge in [0.25, 0.3) is 0 Å². The van der Waals surface area contributed by atoms with Crippen LogP contribution in [0.2, 0.25) is 0 Å². The van der Waals surface area contributed by atoms with Gasteiger partial charge in [-0.1, -0.05) is 30.3 Å². The zero-order valence-electron chi connectivity index (χ0n) is 9.77. The minimum absolute atomic E-state index is 0.366. The van der Waals surface area contributed by atoms with Crippen LogP contribution < -0.4 is 5.32 Å². The molecule has 0 saturated carbocycles. The molecular weight excluding hydrogens is 233 g/mol. The normalized spacial score (nSPS) is 10.1. The van der Waals surface area contributed by atoms with Crippen LogP contribution in [0.3, 0.4) is 0 Å². The molecule has 2 N–H and O–H groups in total. The fraction of sp³-hybridized carbons (Fsp3) is 0.0714. The quantitative estimate of drug-likeness (QED) is 0.843. The number of hydrogen-bond acceptors (Lipinski definition) is 1. The van der Waals surface area contributed by atoms with Crippen LogP contribution in [0.25, 0.3) is 11.1 Å². The van der Waals surface area contributed by atoms with E-state index in [1.165, 1.54) is 6.07 Å². The van der Waals surface area contributed by atoms with Gasteiger partial charge in [0.05, 0.1) is 5.69 Å². The van der Waals surface area contributed by atoms with Gasteiger partial charge in [-0.3, -0.25) is 5.32 Å². The Morgan fingerprint density at radius 1 is 1.17 bits per heavy atom. The third-order valence-electron chi connectivity index (χ3n) is 2.58. The van der Waals surface area contributed by atoms with Crippen LogP contribution in [0, 0.1) is 12.7 Å². The Kier molecular flexibility index (Phi) is 3.28. The van der Waals surface area contributed by atoms with Crippen LogP contribution >= 0.6 is 0 Å². The topological polar surface area (TPSA) is 49.3 Å². The van der Waals surface area contributed by atoms with Crippen LogP contribution in [0.5, 0.6) is 0 Å². The summed E-state index contributed by atoms with van der Waals surface area (Å²) in [5, 5.41) is 11.0. The summed E-state index contributed by atoms with van der Waals surface area (Å²) < 4.78 is 13.9. The fourth-order valence-corrected chi connectivity index (χ4v) is 1.78. The van der Waals surface area contributed by atoms with E-state index >= 15 is 0 Å². The average Bonchev–Trinajstić information content (AvgIpc) is 2.30. The molecule has 2 rings (SSSR count). The van der Waals surface area contributed by atoms with E-state index in [0.29, 0.717) is 16.8 Å². The zero-order chi connectivity index (χ0) is 13.1. The number of carboxylic acid groups (broad SMARTS) is 1. The van der Waals surface area contributed by atoms with Gasteiger partial charge in [-0.2, -0.15) is 0 Å². The third-order valence-corrected chi connectivity index (χ3v) is 2.58. The predicted molar refractivity (Wildman–Crippen MR) is 68.2 cm³/mol. The Labute approximate surface area is 104 Å². The first-order chi connectivity index (χ1) is 8.58. The van der Waals surface area contributed by atoms with Gasteiger partial charge in [-0.15, -0.1) is 0 Å². The first-order valence-electron chi connectivity index (χ1n) is 5.43. The van der Waals surface area contributed by atoms with E-state index in [-0.39, 0.29) is 5.82 Å². The maximum atomic E-state index is 13.9. The van der Waals surface area contributed by atoms with Gasteiger partial charge >= 0.3 is 6.09 Å². The molecule has 0 aliphatic carbocycles. The molecule has 4 heteroatoms. The second kappa shape index (κ2) is 4.87. The fourth-order valence-electron chi connectivity index (χ4n) is 1.78. The largest absolute Gasteiger partial charge is 0.465 e. The second-order valence-corrected chi connectivity index (χ2v) is 3.96. The van der Waals surface area contributed by atoms with Crippen molar-refractivity contribution < 1.29 is 14.3 Å². The molecule has 0 aliphatic heterocycles. The Balaban J connectivity index is 2.53. The molecule has 0 aliphatic rings. The van der Waals surface area contributed by atoms with E-state index in [0.717, 1.165) is 5.56 Å². The molecule has 0 spiro atoms. The Morgan fingerprint density at radius 3 is 2.56 bits per heavy atom. The van der Waals surface area contributed by atoms with Gasteiger partial charge in [0.1, 0.15) is 5.82 Å². The summed E-state index contributed by atoms with van der Waals surface area (Å²) in [5.74, 6) is -0.366. The van der Waals surface area contributed by atoms with E-state index in [1.54, 1.807) is 43.3 Å². The highest BCUT2D eigenvalue weighted by Gasteiger charge is 2.10. The first kappa shape index (κ1) is 12.1. The van der Waals surface area contributed by atoms with Crippen LogP contribution in [0.15, 0.2) is 42.5 Å². The molecule has 0 heterocycles. The van der Waals surface area contributed by atoms with Crippen molar-refractivity contribution in [3.8, 4) is 11.1 Å². The molecule has 2 aromatic carbocycles. The van der Waals surface area contributed by atoms with E-state index in [4.69, 9.17) is 5.11 Å². The number of halogens is 1. The van der Waals surface area contributed by atoms with E-state index in [9.17, 15) is 9.18 Å². The van der Waals surface area contributed by atoms with Crippen molar-refractivity contribution in [1.82, 2.24) is 0 Å². The van der Waals surface area contributed by atoms with Gasteiger partial charge in [0.15, 0.2) is 0 Å². The van der Waals surface area contributed by atoms with Crippen molar-refractivity contribution >= 4 is 11.8 Å². The van der Waals surface area contributed by atoms with Crippen molar-refractivity contribution in [2.45, 2.75) is 6.92 Å². The molecular formula is C14H12FNO2. The minimum Gasteiger partial charge on any atom is -0.465 e. The summed E-state index contributed by atoms with van der Waals surface area (Å²) >= 11 is 0. The number of carbonyl (C=O) groups is 1. The summed E-state index contributed by atoms with van der Waals surface area (Å²) in [6, 6.07) is 11.6. The smallest absolute Gasteiger partial charge is 0.409 e. The van der Waals surface area contributed by atoms with Crippen molar-refractivity contribution in [3.05, 3.63) is 53.8 Å². The van der Waals surface area contributed by atoms with Crippen molar-refractivity contribution in [2.75, 3.05) is 5.32 Å². The number of amides is 1. The summed E-state index contributed by atoms with van der Waals surface area (Å²) in [7, 11) is 0. The Hall–Kier alpha value is -2.36. The van der Waals surface area contributed by atoms with Crippen molar-refractivity contribution in [3.63, 3.8) is 0 Å². The zero-order valence-corrected chi connectivity index (χ0v) is 9.77. The second-order valence-electron chi connectivity index (χ2n) is 3.96. The molecule has 2 aromatic rings. The standard InChI is InChI=1S/C14H12FNO2/c1-9-6-7-10(12(15)8-9)11-4-2-3-5-13(11)16-14(17)18/h2-8,16H,1H3,(H,17,18). The van der Waals surface area contributed by atoms with E-state index in [1.807, 2.05) is 0 Å². The van der Waals surface area contributed by atoms with Crippen molar-refractivity contribution in [1.29, 1.82) is 0 Å². The van der Waals surface area contributed by atoms with Crippen LogP contribution in [-0.4, -0.2) is 11.2 Å². The van der Waals surface area contributed by atoms with Crippen molar-refractivity contribution in [2.24, 2.45) is 0 Å². The molecule has 0 radical (unpaired) electrons. The number of hydrogen-bond donors (Lipinski definition) is 2. The maximum absolute atomic E-state index is 13.9. The molecule has 1 amide bonds. The highest BCUT2D eigenvalue weighted by Crippen LogP contribution is 2.30.